The minimum Gasteiger partial charge on any atom is -0.483 e. The van der Waals surface area contributed by atoms with E-state index in [1.807, 2.05) is 27.2 Å². The third-order valence-electron chi connectivity index (χ3n) is 6.90. The van der Waals surface area contributed by atoms with E-state index in [0.29, 0.717) is 42.6 Å². The van der Waals surface area contributed by atoms with E-state index in [0.717, 1.165) is 11.3 Å². The molecule has 204 valence electrons. The number of rotatable bonds is 6. The Hall–Kier alpha value is -3.57. The van der Waals surface area contributed by atoms with Gasteiger partial charge in [-0.3, -0.25) is 14.4 Å². The van der Waals surface area contributed by atoms with Gasteiger partial charge in [0.05, 0.1) is 16.9 Å². The van der Waals surface area contributed by atoms with Gasteiger partial charge in [0.1, 0.15) is 11.4 Å². The summed E-state index contributed by atoms with van der Waals surface area (Å²) in [5, 5.41) is 17.3. The molecule has 0 saturated heterocycles. The number of benzene rings is 1. The second-order valence-electron chi connectivity index (χ2n) is 9.47. The summed E-state index contributed by atoms with van der Waals surface area (Å²) >= 11 is 6.01. The average molecular weight is 547 g/mol. The van der Waals surface area contributed by atoms with Crippen LogP contribution in [0, 0.1) is 18.7 Å². The Kier molecular flexibility index (Phi) is 9.76. The van der Waals surface area contributed by atoms with Gasteiger partial charge in [0.2, 0.25) is 5.91 Å². The third kappa shape index (κ3) is 6.65. The molecule has 2 amide bonds. The summed E-state index contributed by atoms with van der Waals surface area (Å²) in [6.07, 6.45) is 5.99. The van der Waals surface area contributed by atoms with Crippen molar-refractivity contribution in [2.75, 3.05) is 19.4 Å². The zero-order chi connectivity index (χ0) is 28.0. The Morgan fingerprint density at radius 3 is 2.50 bits per heavy atom. The molecular weight excluding hydrogens is 515 g/mol. The highest BCUT2D eigenvalue weighted by Gasteiger charge is 2.28. The van der Waals surface area contributed by atoms with Gasteiger partial charge >= 0.3 is 0 Å². The van der Waals surface area contributed by atoms with Crippen molar-refractivity contribution in [1.29, 1.82) is 0 Å². The molecule has 0 spiro atoms. The highest BCUT2D eigenvalue weighted by Crippen LogP contribution is 2.29. The van der Waals surface area contributed by atoms with Gasteiger partial charge in [-0.25, -0.2) is 13.9 Å². The number of carboxylic acid groups (broad SMARTS) is 1. The molecule has 1 saturated carbocycles. The van der Waals surface area contributed by atoms with E-state index >= 15 is 0 Å². The minimum absolute atomic E-state index is 0.0370. The number of carbonyl (C=O) groups is 3. The first kappa shape index (κ1) is 29.0. The number of fused-ring (bicyclic) bond motifs is 1. The van der Waals surface area contributed by atoms with Gasteiger partial charge in [0, 0.05) is 35.5 Å². The molecule has 1 aliphatic rings. The van der Waals surface area contributed by atoms with Crippen LogP contribution in [-0.4, -0.2) is 63.0 Å². The highest BCUT2D eigenvalue weighted by atomic mass is 35.5. The van der Waals surface area contributed by atoms with Crippen molar-refractivity contribution < 1.29 is 23.9 Å². The maximum atomic E-state index is 13.2. The normalized spacial score (nSPS) is 17.9. The van der Waals surface area contributed by atoms with E-state index in [9.17, 15) is 14.0 Å². The molecule has 1 unspecified atom stereocenters. The number of halogens is 2. The topological polar surface area (TPSA) is 129 Å². The minimum atomic E-state index is -0.454. The second kappa shape index (κ2) is 12.8. The van der Waals surface area contributed by atoms with Crippen LogP contribution in [0.2, 0.25) is 5.02 Å². The smallest absolute Gasteiger partial charge is 0.290 e. The molecule has 2 aromatic heterocycles. The van der Waals surface area contributed by atoms with Crippen molar-refractivity contribution in [1.82, 2.24) is 24.8 Å². The lowest BCUT2D eigenvalue weighted by molar-refractivity contribution is -0.123. The highest BCUT2D eigenvalue weighted by molar-refractivity contribution is 6.33. The van der Waals surface area contributed by atoms with Crippen LogP contribution in [0.3, 0.4) is 0 Å². The largest absolute Gasteiger partial charge is 0.483 e. The lowest BCUT2D eigenvalue weighted by Crippen LogP contribution is -2.39. The molecule has 0 aliphatic heterocycles. The van der Waals surface area contributed by atoms with Crippen LogP contribution >= 0.6 is 11.6 Å². The molecule has 3 N–H and O–H groups in total. The fraction of sp³-hybridized carbons (Fsp3) is 0.423. The Balaban J connectivity index is 0.00000127. The predicted octanol–water partition coefficient (Wildman–Crippen LogP) is 4.08. The molecule has 38 heavy (non-hydrogen) atoms. The number of nitrogens with one attached hydrogen (secondary N) is 2. The molecule has 2 heterocycles. The number of hydrogen-bond acceptors (Lipinski definition) is 6. The summed E-state index contributed by atoms with van der Waals surface area (Å²) in [7, 11) is 4.01. The van der Waals surface area contributed by atoms with Crippen LogP contribution in [0.5, 0.6) is 0 Å². The quantitative estimate of drug-likeness (QED) is 0.397. The van der Waals surface area contributed by atoms with Crippen LogP contribution in [0.1, 0.15) is 60.3 Å². The summed E-state index contributed by atoms with van der Waals surface area (Å²) < 4.78 is 14.9. The van der Waals surface area contributed by atoms with Crippen molar-refractivity contribution in [3.05, 3.63) is 58.3 Å². The third-order valence-corrected chi connectivity index (χ3v) is 7.21. The molecule has 0 radical (unpaired) electrons. The zero-order valence-corrected chi connectivity index (χ0v) is 22.5. The SMILES string of the molecule is Cc1c(C(C)N(C)C)cnc2c(C(=O)NC3CCC(C(=O)Nc4ccc(F)cc4Cl)CC3)cnn12.O=CO. The first-order valence-electron chi connectivity index (χ1n) is 12.2. The number of aromatic nitrogens is 3. The van der Waals surface area contributed by atoms with Crippen LogP contribution in [-0.2, 0) is 9.59 Å². The number of anilines is 1. The lowest BCUT2D eigenvalue weighted by atomic mass is 9.85. The number of aryl methyl sites for hydroxylation is 1. The Labute approximate surface area is 225 Å². The molecule has 3 aromatic rings. The predicted molar refractivity (Wildman–Crippen MR) is 142 cm³/mol. The monoisotopic (exact) mass is 546 g/mol. The molecule has 4 rings (SSSR count). The molecule has 1 atom stereocenters. The summed E-state index contributed by atoms with van der Waals surface area (Å²) in [5.41, 5.74) is 3.36. The molecule has 0 bridgehead atoms. The molecule has 1 aromatic carbocycles. The van der Waals surface area contributed by atoms with Gasteiger partial charge in [-0.15, -0.1) is 0 Å². The van der Waals surface area contributed by atoms with Crippen molar-refractivity contribution in [3.63, 3.8) is 0 Å². The number of nitrogens with zero attached hydrogens (tertiary/aromatic N) is 4. The standard InChI is InChI=1S/C25H30ClFN6O2.CH2O2/c1-14(32(3)4)19-12-28-23-20(13-29-33(23)15(19)2)25(35)30-18-8-5-16(6-9-18)24(34)31-22-10-7-17(27)11-21(22)26;2-1-3/h7,10-14,16,18H,5-6,8-9H2,1-4H3,(H,30,35)(H,31,34);1H,(H,2,3). The van der Waals surface area contributed by atoms with E-state index < -0.39 is 5.82 Å². The van der Waals surface area contributed by atoms with Gasteiger partial charge in [0.25, 0.3) is 12.4 Å². The van der Waals surface area contributed by atoms with E-state index in [2.05, 4.69) is 32.5 Å². The van der Waals surface area contributed by atoms with Gasteiger partial charge in [0.15, 0.2) is 5.65 Å². The van der Waals surface area contributed by atoms with E-state index in [1.54, 1.807) is 10.7 Å². The van der Waals surface area contributed by atoms with Crippen LogP contribution in [0.4, 0.5) is 10.1 Å². The van der Waals surface area contributed by atoms with Gasteiger partial charge < -0.3 is 20.6 Å². The Morgan fingerprint density at radius 1 is 1.24 bits per heavy atom. The van der Waals surface area contributed by atoms with Crippen molar-refractivity contribution in [2.24, 2.45) is 5.92 Å². The fourth-order valence-electron chi connectivity index (χ4n) is 4.50. The van der Waals surface area contributed by atoms with Gasteiger partial charge in [-0.1, -0.05) is 11.6 Å². The number of amides is 2. The number of carbonyl (C=O) groups excluding carboxylic acids is 2. The average Bonchev–Trinajstić information content (AvgIpc) is 3.32. The summed E-state index contributed by atoms with van der Waals surface area (Å²) in [6.45, 7) is 3.82. The second-order valence-corrected chi connectivity index (χ2v) is 9.88. The Morgan fingerprint density at radius 2 is 1.89 bits per heavy atom. The van der Waals surface area contributed by atoms with Crippen LogP contribution in [0.15, 0.2) is 30.6 Å². The fourth-order valence-corrected chi connectivity index (χ4v) is 4.71. The first-order chi connectivity index (χ1) is 18.1. The molecule has 1 fully saturated rings. The van der Waals surface area contributed by atoms with E-state index in [4.69, 9.17) is 21.5 Å². The molecular formula is C26H32ClFN6O4. The summed E-state index contributed by atoms with van der Waals surface area (Å²) in [4.78, 5) is 40.6. The molecule has 1 aliphatic carbocycles. The van der Waals surface area contributed by atoms with Gasteiger partial charge in [-0.2, -0.15) is 5.10 Å². The number of hydrogen-bond donors (Lipinski definition) is 3. The summed E-state index contributed by atoms with van der Waals surface area (Å²) in [6, 6.07) is 4.01. The van der Waals surface area contributed by atoms with Crippen molar-refractivity contribution >= 4 is 41.2 Å². The lowest BCUT2D eigenvalue weighted by Gasteiger charge is -2.28. The van der Waals surface area contributed by atoms with Crippen molar-refractivity contribution in [2.45, 2.75) is 51.6 Å². The Bertz CT molecular complexity index is 1310. The van der Waals surface area contributed by atoms with Crippen LogP contribution < -0.4 is 10.6 Å². The van der Waals surface area contributed by atoms with Gasteiger partial charge in [-0.05, 0) is 71.8 Å². The van der Waals surface area contributed by atoms with Crippen LogP contribution in [0.25, 0.3) is 5.65 Å². The maximum Gasteiger partial charge on any atom is 0.290 e. The van der Waals surface area contributed by atoms with E-state index in [1.165, 1.54) is 18.2 Å². The van der Waals surface area contributed by atoms with Crippen molar-refractivity contribution in [3.8, 4) is 0 Å². The first-order valence-corrected chi connectivity index (χ1v) is 12.6. The molecule has 10 nitrogen and oxygen atoms in total. The summed E-state index contributed by atoms with van der Waals surface area (Å²) in [5.74, 6) is -1.01. The van der Waals surface area contributed by atoms with E-state index in [-0.39, 0.29) is 41.3 Å². The molecule has 12 heteroatoms. The zero-order valence-electron chi connectivity index (χ0n) is 21.7. The maximum absolute atomic E-state index is 13.2.